The molecule has 1 saturated heterocycles. The van der Waals surface area contributed by atoms with E-state index in [1.54, 1.807) is 6.20 Å². The van der Waals surface area contributed by atoms with Gasteiger partial charge < -0.3 is 19.1 Å². The zero-order valence-corrected chi connectivity index (χ0v) is 17.2. The van der Waals surface area contributed by atoms with Crippen LogP contribution < -0.4 is 0 Å². The quantitative estimate of drug-likeness (QED) is 0.666. The van der Waals surface area contributed by atoms with Crippen molar-refractivity contribution in [1.29, 1.82) is 0 Å². The highest BCUT2D eigenvalue weighted by atomic mass is 16.5. The van der Waals surface area contributed by atoms with Crippen molar-refractivity contribution in [2.24, 2.45) is 0 Å². The maximum atomic E-state index is 12.5. The smallest absolute Gasteiger partial charge is 0.223 e. The summed E-state index contributed by atoms with van der Waals surface area (Å²) in [5.41, 5.74) is 0. The van der Waals surface area contributed by atoms with E-state index < -0.39 is 0 Å². The molecule has 148 valence electrons. The van der Waals surface area contributed by atoms with Gasteiger partial charge in [-0.25, -0.2) is 4.98 Å². The largest absolute Gasteiger partial charge is 0.497 e. The summed E-state index contributed by atoms with van der Waals surface area (Å²) in [5, 5.41) is 0. The number of carbonyl (C=O) groups is 1. The van der Waals surface area contributed by atoms with Gasteiger partial charge in [-0.2, -0.15) is 0 Å². The lowest BCUT2D eigenvalue weighted by Crippen LogP contribution is -2.47. The van der Waals surface area contributed by atoms with E-state index in [1.807, 2.05) is 36.4 Å². The molecule has 0 N–H and O–H groups in total. The maximum Gasteiger partial charge on any atom is 0.223 e. The van der Waals surface area contributed by atoms with Gasteiger partial charge in [0.1, 0.15) is 11.6 Å². The average Bonchev–Trinajstić information content (AvgIpc) is 3.08. The fourth-order valence-corrected chi connectivity index (χ4v) is 3.13. The van der Waals surface area contributed by atoms with Crippen molar-refractivity contribution < 1.29 is 9.53 Å². The third-order valence-electron chi connectivity index (χ3n) is 4.54. The van der Waals surface area contributed by atoms with Gasteiger partial charge >= 0.3 is 0 Å². The fraction of sp³-hybridized carbons (Fsp3) is 0.700. The Labute approximate surface area is 158 Å². The van der Waals surface area contributed by atoms with Crippen LogP contribution in [-0.4, -0.2) is 65.1 Å². The van der Waals surface area contributed by atoms with Gasteiger partial charge in [-0.1, -0.05) is 20.4 Å². The van der Waals surface area contributed by atoms with Crippen molar-refractivity contribution in [2.45, 2.75) is 59.0 Å². The summed E-state index contributed by atoms with van der Waals surface area (Å²) in [7, 11) is 4.17. The molecule has 6 heteroatoms. The highest BCUT2D eigenvalue weighted by Gasteiger charge is 2.24. The standard InChI is InChI=1S/C18H30N4O2.C2H6/c1-5-24-15(2)13-21-12-10-19-17(21)8-9-18(23)22-11-6-7-16(14-22)20(3)4;1-2/h10,12,16H,2,5-9,11,13-14H2,1,3-4H3;1-2H3. The fourth-order valence-electron chi connectivity index (χ4n) is 3.13. The molecule has 1 aliphatic rings. The molecule has 6 nitrogen and oxygen atoms in total. The van der Waals surface area contributed by atoms with Crippen LogP contribution in [0.25, 0.3) is 0 Å². The van der Waals surface area contributed by atoms with Gasteiger partial charge in [0.05, 0.1) is 13.2 Å². The molecule has 1 aliphatic heterocycles. The minimum atomic E-state index is 0.222. The van der Waals surface area contributed by atoms with Crippen molar-refractivity contribution >= 4 is 5.91 Å². The number of aryl methyl sites for hydroxylation is 1. The molecule has 26 heavy (non-hydrogen) atoms. The van der Waals surface area contributed by atoms with E-state index in [-0.39, 0.29) is 5.91 Å². The lowest BCUT2D eigenvalue weighted by molar-refractivity contribution is -0.133. The van der Waals surface area contributed by atoms with Crippen LogP contribution in [0.5, 0.6) is 0 Å². The minimum Gasteiger partial charge on any atom is -0.497 e. The zero-order valence-electron chi connectivity index (χ0n) is 17.2. The molecule has 1 aromatic rings. The van der Waals surface area contributed by atoms with E-state index in [9.17, 15) is 4.79 Å². The van der Waals surface area contributed by atoms with E-state index in [0.717, 1.165) is 25.3 Å². The first-order chi connectivity index (χ1) is 12.5. The molecule has 0 aromatic carbocycles. The minimum absolute atomic E-state index is 0.222. The normalized spacial score (nSPS) is 16.8. The summed E-state index contributed by atoms with van der Waals surface area (Å²) in [6.07, 6.45) is 7.07. The van der Waals surface area contributed by atoms with Crippen LogP contribution in [0, 0.1) is 0 Å². The first-order valence-electron chi connectivity index (χ1n) is 9.76. The highest BCUT2D eigenvalue weighted by molar-refractivity contribution is 5.76. The predicted octanol–water partition coefficient (Wildman–Crippen LogP) is 2.94. The molecule has 1 aromatic heterocycles. The number of rotatable bonds is 8. The number of likely N-dealkylation sites (N-methyl/N-ethyl adjacent to an activating group) is 1. The van der Waals surface area contributed by atoms with E-state index >= 15 is 0 Å². The summed E-state index contributed by atoms with van der Waals surface area (Å²) >= 11 is 0. The Morgan fingerprint density at radius 2 is 2.15 bits per heavy atom. The number of amides is 1. The number of likely N-dealkylation sites (tertiary alicyclic amines) is 1. The third kappa shape index (κ3) is 6.83. The van der Waals surface area contributed by atoms with Gasteiger partial charge in [0, 0.05) is 44.4 Å². The molecule has 1 fully saturated rings. The summed E-state index contributed by atoms with van der Waals surface area (Å²) < 4.78 is 7.41. The van der Waals surface area contributed by atoms with E-state index in [1.165, 1.54) is 6.42 Å². The molecular weight excluding hydrogens is 328 g/mol. The van der Waals surface area contributed by atoms with Crippen LogP contribution in [0.3, 0.4) is 0 Å². The SMILES string of the molecule is C=C(Cn1ccnc1CCC(=O)N1CCCC(N(C)C)C1)OCC.CC. The Balaban J connectivity index is 0.00000163. The van der Waals surface area contributed by atoms with Gasteiger partial charge in [0.2, 0.25) is 5.91 Å². The van der Waals surface area contributed by atoms with Crippen LogP contribution in [0.2, 0.25) is 0 Å². The first kappa shape index (κ1) is 22.2. The van der Waals surface area contributed by atoms with Crippen LogP contribution in [-0.2, 0) is 22.5 Å². The number of nitrogens with zero attached hydrogens (tertiary/aromatic N) is 4. The van der Waals surface area contributed by atoms with Crippen LogP contribution >= 0.6 is 0 Å². The van der Waals surface area contributed by atoms with Crippen molar-refractivity contribution in [1.82, 2.24) is 19.4 Å². The molecule has 0 bridgehead atoms. The molecule has 0 aliphatic carbocycles. The number of hydrogen-bond acceptors (Lipinski definition) is 4. The summed E-state index contributed by atoms with van der Waals surface area (Å²) in [6, 6.07) is 0.471. The third-order valence-corrected chi connectivity index (χ3v) is 4.54. The summed E-state index contributed by atoms with van der Waals surface area (Å²) in [5.74, 6) is 1.85. The topological polar surface area (TPSA) is 50.6 Å². The monoisotopic (exact) mass is 364 g/mol. The molecular formula is C20H36N4O2. The Morgan fingerprint density at radius 1 is 1.42 bits per heavy atom. The van der Waals surface area contributed by atoms with Gasteiger partial charge in [-0.3, -0.25) is 4.79 Å². The second-order valence-electron chi connectivity index (χ2n) is 6.54. The highest BCUT2D eigenvalue weighted by Crippen LogP contribution is 2.15. The number of allylic oxidation sites excluding steroid dienone is 1. The van der Waals surface area contributed by atoms with E-state index in [4.69, 9.17) is 4.74 Å². The second-order valence-corrected chi connectivity index (χ2v) is 6.54. The maximum absolute atomic E-state index is 12.5. The Morgan fingerprint density at radius 3 is 2.81 bits per heavy atom. The molecule has 1 unspecified atom stereocenters. The Bertz CT molecular complexity index is 554. The van der Waals surface area contributed by atoms with Gasteiger partial charge in [-0.15, -0.1) is 0 Å². The zero-order chi connectivity index (χ0) is 19.5. The van der Waals surface area contributed by atoms with E-state index in [2.05, 4.69) is 30.6 Å². The van der Waals surface area contributed by atoms with Gasteiger partial charge in [-0.05, 0) is 33.9 Å². The van der Waals surface area contributed by atoms with Crippen LogP contribution in [0.15, 0.2) is 24.7 Å². The molecule has 1 amide bonds. The summed E-state index contributed by atoms with van der Waals surface area (Å²) in [4.78, 5) is 21.1. The predicted molar refractivity (Wildman–Crippen MR) is 106 cm³/mol. The number of piperidine rings is 1. The number of imidazole rings is 1. The second kappa shape index (κ2) is 11.7. The Kier molecular flexibility index (Phi) is 10.0. The first-order valence-corrected chi connectivity index (χ1v) is 9.76. The molecule has 1 atom stereocenters. The van der Waals surface area contributed by atoms with Gasteiger partial charge in [0.15, 0.2) is 0 Å². The van der Waals surface area contributed by atoms with Crippen molar-refractivity contribution in [2.75, 3.05) is 33.8 Å². The number of ether oxygens (including phenoxy) is 1. The van der Waals surface area contributed by atoms with E-state index in [0.29, 0.717) is 37.8 Å². The molecule has 2 heterocycles. The molecule has 0 spiro atoms. The molecule has 2 rings (SSSR count). The van der Waals surface area contributed by atoms with Crippen LogP contribution in [0.4, 0.5) is 0 Å². The lowest BCUT2D eigenvalue weighted by Gasteiger charge is -2.36. The number of aromatic nitrogens is 2. The van der Waals surface area contributed by atoms with Crippen molar-refractivity contribution in [3.8, 4) is 0 Å². The van der Waals surface area contributed by atoms with Crippen molar-refractivity contribution in [3.05, 3.63) is 30.6 Å². The molecule has 0 radical (unpaired) electrons. The average molecular weight is 365 g/mol. The number of hydrogen-bond donors (Lipinski definition) is 0. The van der Waals surface area contributed by atoms with Crippen LogP contribution in [0.1, 0.15) is 45.9 Å². The van der Waals surface area contributed by atoms with Crippen molar-refractivity contribution in [3.63, 3.8) is 0 Å². The van der Waals surface area contributed by atoms with Gasteiger partial charge in [0.25, 0.3) is 0 Å². The number of carbonyl (C=O) groups excluding carboxylic acids is 1. The molecule has 0 saturated carbocycles. The lowest BCUT2D eigenvalue weighted by atomic mass is 10.0. The summed E-state index contributed by atoms with van der Waals surface area (Å²) in [6.45, 7) is 12.8. The Hall–Kier alpha value is -1.82.